The molecule has 1 saturated carbocycles. The van der Waals surface area contributed by atoms with Crippen molar-refractivity contribution < 1.29 is 23.9 Å². The van der Waals surface area contributed by atoms with Gasteiger partial charge in [0.2, 0.25) is 5.91 Å². The minimum atomic E-state index is -0.675. The standard InChI is InChI=1S/C18H22N2O5/c1-17(2,3)25-16(23)19-12-9-13-11(8-10(12)14(21)24-5)18(6-7-18)15(22)20(13)4/h8-9H,6-7H2,1-5H3,(H,19,23). The Morgan fingerprint density at radius 1 is 1.24 bits per heavy atom. The van der Waals surface area contributed by atoms with Crippen molar-refractivity contribution in [2.24, 2.45) is 0 Å². The van der Waals surface area contributed by atoms with Gasteiger partial charge in [-0.2, -0.15) is 0 Å². The number of rotatable bonds is 2. The number of carbonyl (C=O) groups is 3. The summed E-state index contributed by atoms with van der Waals surface area (Å²) < 4.78 is 10.1. The van der Waals surface area contributed by atoms with Crippen LogP contribution in [0.25, 0.3) is 0 Å². The molecule has 1 aromatic carbocycles. The number of fused-ring (bicyclic) bond motifs is 2. The summed E-state index contributed by atoms with van der Waals surface area (Å²) in [6.45, 7) is 5.25. The maximum atomic E-state index is 12.5. The molecule has 1 aliphatic carbocycles. The van der Waals surface area contributed by atoms with Gasteiger partial charge in [-0.15, -0.1) is 0 Å². The first-order chi connectivity index (χ1) is 11.6. The van der Waals surface area contributed by atoms with Gasteiger partial charge in [0.15, 0.2) is 0 Å². The SMILES string of the molecule is COC(=O)c1cc2c(cc1NC(=O)OC(C)(C)C)N(C)C(=O)C21CC1. The molecule has 0 radical (unpaired) electrons. The predicted octanol–water partition coefficient (Wildman–Crippen LogP) is 2.83. The van der Waals surface area contributed by atoms with Crippen LogP contribution in [0.1, 0.15) is 49.5 Å². The Balaban J connectivity index is 2.02. The first-order valence-electron chi connectivity index (χ1n) is 8.14. The van der Waals surface area contributed by atoms with E-state index < -0.39 is 23.1 Å². The molecule has 1 aromatic rings. The maximum Gasteiger partial charge on any atom is 0.412 e. The smallest absolute Gasteiger partial charge is 0.412 e. The zero-order valence-electron chi connectivity index (χ0n) is 15.1. The molecular weight excluding hydrogens is 324 g/mol. The van der Waals surface area contributed by atoms with Gasteiger partial charge in [-0.3, -0.25) is 10.1 Å². The molecule has 1 heterocycles. The number of ether oxygens (including phenoxy) is 2. The third-order valence-corrected chi connectivity index (χ3v) is 4.52. The summed E-state index contributed by atoms with van der Waals surface area (Å²) in [5, 5.41) is 2.60. The van der Waals surface area contributed by atoms with E-state index in [2.05, 4.69) is 5.32 Å². The van der Waals surface area contributed by atoms with Crippen molar-refractivity contribution in [3.05, 3.63) is 23.3 Å². The van der Waals surface area contributed by atoms with Gasteiger partial charge in [-0.1, -0.05) is 0 Å². The van der Waals surface area contributed by atoms with Crippen molar-refractivity contribution in [2.75, 3.05) is 24.4 Å². The van der Waals surface area contributed by atoms with E-state index in [9.17, 15) is 14.4 Å². The van der Waals surface area contributed by atoms with Crippen LogP contribution in [0.3, 0.4) is 0 Å². The first kappa shape index (κ1) is 17.3. The molecule has 0 atom stereocenters. The summed E-state index contributed by atoms with van der Waals surface area (Å²) in [5.41, 5.74) is 0.795. The van der Waals surface area contributed by atoms with Crippen LogP contribution in [-0.2, 0) is 19.7 Å². The fourth-order valence-corrected chi connectivity index (χ4v) is 3.20. The van der Waals surface area contributed by atoms with Crippen LogP contribution in [-0.4, -0.2) is 37.7 Å². The summed E-state index contributed by atoms with van der Waals surface area (Å²) >= 11 is 0. The molecule has 0 unspecified atom stereocenters. The van der Waals surface area contributed by atoms with E-state index in [0.717, 1.165) is 18.4 Å². The zero-order chi connectivity index (χ0) is 18.6. The summed E-state index contributed by atoms with van der Waals surface area (Å²) in [6, 6.07) is 3.29. The number of carbonyl (C=O) groups excluding carboxylic acids is 3. The largest absolute Gasteiger partial charge is 0.465 e. The third kappa shape index (κ3) is 2.83. The van der Waals surface area contributed by atoms with Gasteiger partial charge in [0.25, 0.3) is 0 Å². The molecule has 1 spiro atoms. The molecule has 2 amide bonds. The lowest BCUT2D eigenvalue weighted by molar-refractivity contribution is -0.119. The van der Waals surface area contributed by atoms with Gasteiger partial charge in [0, 0.05) is 12.7 Å². The Morgan fingerprint density at radius 2 is 1.88 bits per heavy atom. The number of esters is 1. The fourth-order valence-electron chi connectivity index (χ4n) is 3.20. The Hall–Kier alpha value is -2.57. The normalized spacial score (nSPS) is 17.3. The highest BCUT2D eigenvalue weighted by molar-refractivity contribution is 6.12. The van der Waals surface area contributed by atoms with Gasteiger partial charge < -0.3 is 14.4 Å². The van der Waals surface area contributed by atoms with E-state index in [1.54, 1.807) is 44.9 Å². The second kappa shape index (κ2) is 5.47. The topological polar surface area (TPSA) is 84.9 Å². The van der Waals surface area contributed by atoms with E-state index in [0.29, 0.717) is 5.69 Å². The van der Waals surface area contributed by atoms with Crippen LogP contribution in [0.4, 0.5) is 16.2 Å². The highest BCUT2D eigenvalue weighted by Crippen LogP contribution is 2.57. The highest BCUT2D eigenvalue weighted by atomic mass is 16.6. The minimum Gasteiger partial charge on any atom is -0.465 e. The number of hydrogen-bond acceptors (Lipinski definition) is 5. The monoisotopic (exact) mass is 346 g/mol. The predicted molar refractivity (Wildman–Crippen MR) is 92.0 cm³/mol. The summed E-state index contributed by atoms with van der Waals surface area (Å²) in [6.07, 6.45) is 0.858. The number of hydrogen-bond donors (Lipinski definition) is 1. The number of nitrogens with zero attached hydrogens (tertiary/aromatic N) is 1. The lowest BCUT2D eigenvalue weighted by atomic mass is 9.95. The number of anilines is 2. The first-order valence-corrected chi connectivity index (χ1v) is 8.14. The minimum absolute atomic E-state index is 0.0210. The van der Waals surface area contributed by atoms with Gasteiger partial charge in [0.1, 0.15) is 5.60 Å². The fraction of sp³-hybridized carbons (Fsp3) is 0.500. The number of methoxy groups -OCH3 is 1. The van der Waals surface area contributed by atoms with E-state index in [-0.39, 0.29) is 17.2 Å². The Kier molecular flexibility index (Phi) is 3.78. The van der Waals surface area contributed by atoms with Crippen LogP contribution in [0.5, 0.6) is 0 Å². The summed E-state index contributed by atoms with van der Waals surface area (Å²) in [7, 11) is 2.97. The van der Waals surface area contributed by atoms with Crippen LogP contribution in [0.15, 0.2) is 12.1 Å². The quantitative estimate of drug-likeness (QED) is 0.832. The lowest BCUT2D eigenvalue weighted by Crippen LogP contribution is -2.28. The highest BCUT2D eigenvalue weighted by Gasteiger charge is 2.58. The Labute approximate surface area is 146 Å². The molecule has 3 rings (SSSR count). The average molecular weight is 346 g/mol. The van der Waals surface area contributed by atoms with Crippen molar-refractivity contribution in [3.8, 4) is 0 Å². The summed E-state index contributed by atoms with van der Waals surface area (Å²) in [5.74, 6) is -0.556. The molecule has 1 N–H and O–H groups in total. The maximum absolute atomic E-state index is 12.5. The molecule has 0 aromatic heterocycles. The van der Waals surface area contributed by atoms with Crippen LogP contribution >= 0.6 is 0 Å². The van der Waals surface area contributed by atoms with Crippen molar-refractivity contribution >= 4 is 29.3 Å². The third-order valence-electron chi connectivity index (χ3n) is 4.52. The molecule has 0 bridgehead atoms. The van der Waals surface area contributed by atoms with Crippen molar-refractivity contribution in [2.45, 2.75) is 44.6 Å². The number of nitrogens with one attached hydrogen (secondary N) is 1. The number of likely N-dealkylation sites (N-methyl/N-ethyl adjacent to an activating group) is 1. The van der Waals surface area contributed by atoms with Crippen molar-refractivity contribution in [1.82, 2.24) is 0 Å². The second-order valence-electron chi connectivity index (χ2n) is 7.48. The van der Waals surface area contributed by atoms with E-state index in [1.807, 2.05) is 0 Å². The molecule has 0 saturated heterocycles. The molecule has 25 heavy (non-hydrogen) atoms. The lowest BCUT2D eigenvalue weighted by Gasteiger charge is -2.21. The van der Waals surface area contributed by atoms with E-state index in [1.165, 1.54) is 7.11 Å². The van der Waals surface area contributed by atoms with E-state index >= 15 is 0 Å². The zero-order valence-corrected chi connectivity index (χ0v) is 15.1. The molecular formula is C18H22N2O5. The van der Waals surface area contributed by atoms with Crippen molar-refractivity contribution in [3.63, 3.8) is 0 Å². The molecule has 1 fully saturated rings. The van der Waals surface area contributed by atoms with Gasteiger partial charge in [-0.05, 0) is 51.3 Å². The molecule has 7 nitrogen and oxygen atoms in total. The number of amides is 2. The Morgan fingerprint density at radius 3 is 2.40 bits per heavy atom. The van der Waals surface area contributed by atoms with Crippen LogP contribution < -0.4 is 10.2 Å². The summed E-state index contributed by atoms with van der Waals surface area (Å²) in [4.78, 5) is 38.4. The van der Waals surface area contributed by atoms with Crippen LogP contribution in [0, 0.1) is 0 Å². The van der Waals surface area contributed by atoms with Gasteiger partial charge in [0.05, 0.1) is 23.8 Å². The van der Waals surface area contributed by atoms with E-state index in [4.69, 9.17) is 9.47 Å². The van der Waals surface area contributed by atoms with Gasteiger partial charge >= 0.3 is 12.1 Å². The van der Waals surface area contributed by atoms with Crippen molar-refractivity contribution in [1.29, 1.82) is 0 Å². The molecule has 134 valence electrons. The average Bonchev–Trinajstić information content (AvgIpc) is 3.28. The number of benzene rings is 1. The Bertz CT molecular complexity index is 774. The second-order valence-corrected chi connectivity index (χ2v) is 7.48. The molecule has 7 heteroatoms. The van der Waals surface area contributed by atoms with Gasteiger partial charge in [-0.25, -0.2) is 9.59 Å². The molecule has 1 aliphatic heterocycles. The van der Waals surface area contributed by atoms with Crippen LogP contribution in [0.2, 0.25) is 0 Å². The molecule has 2 aliphatic rings.